The lowest BCUT2D eigenvalue weighted by molar-refractivity contribution is -0.136. The maximum absolute atomic E-state index is 13.0. The van der Waals surface area contributed by atoms with Gasteiger partial charge in [-0.2, -0.15) is 0 Å². The molecule has 3 aromatic rings. The first-order valence-electron chi connectivity index (χ1n) is 9.14. The molecule has 3 aromatic carbocycles. The largest absolute Gasteiger partial charge is 0.489 e. The third-order valence-electron chi connectivity index (χ3n) is 4.53. The number of carbonyl (C=O) groups excluding carboxylic acids is 1. The molecule has 0 spiro atoms. The molecule has 4 rings (SSSR count). The van der Waals surface area contributed by atoms with E-state index in [1.165, 1.54) is 12.1 Å². The molecule has 1 aliphatic heterocycles. The molecule has 0 bridgehead atoms. The number of ether oxygens (including phenoxy) is 1. The van der Waals surface area contributed by atoms with E-state index in [1.807, 2.05) is 55.5 Å². The van der Waals surface area contributed by atoms with E-state index in [1.54, 1.807) is 18.2 Å². The molecule has 0 amide bonds. The lowest BCUT2D eigenvalue weighted by Gasteiger charge is -2.07. The molecule has 0 unspecified atom stereocenters. The van der Waals surface area contributed by atoms with Crippen LogP contribution in [0, 0.1) is 12.7 Å². The molecule has 0 N–H and O–H groups in total. The predicted octanol–water partition coefficient (Wildman–Crippen LogP) is 5.06. The Morgan fingerprint density at radius 1 is 0.966 bits per heavy atom. The number of oxime groups is 1. The Labute approximate surface area is 167 Å². The maximum atomic E-state index is 13.0. The summed E-state index contributed by atoms with van der Waals surface area (Å²) < 4.78 is 18.7. The smallest absolute Gasteiger partial charge is 0.368 e. The van der Waals surface area contributed by atoms with Crippen molar-refractivity contribution in [2.45, 2.75) is 13.5 Å². The second kappa shape index (κ2) is 8.10. The normalized spacial score (nSPS) is 14.6. The van der Waals surface area contributed by atoms with Gasteiger partial charge in [-0.15, -0.1) is 0 Å². The SMILES string of the molecule is Cc1ccc(C2=NOC(=O)C2=Cc2ccc(OCc3ccc(F)cc3)cc2)cc1. The molecule has 4 nitrogen and oxygen atoms in total. The van der Waals surface area contributed by atoms with Gasteiger partial charge in [0, 0.05) is 5.56 Å². The van der Waals surface area contributed by atoms with E-state index in [0.717, 1.165) is 22.3 Å². The first-order chi connectivity index (χ1) is 14.1. The van der Waals surface area contributed by atoms with Gasteiger partial charge in [0.15, 0.2) is 0 Å². The first-order valence-corrected chi connectivity index (χ1v) is 9.14. The van der Waals surface area contributed by atoms with Gasteiger partial charge in [-0.3, -0.25) is 0 Å². The van der Waals surface area contributed by atoms with E-state index in [4.69, 9.17) is 9.57 Å². The number of hydrogen-bond acceptors (Lipinski definition) is 4. The number of benzene rings is 3. The third kappa shape index (κ3) is 4.41. The summed E-state index contributed by atoms with van der Waals surface area (Å²) in [4.78, 5) is 17.0. The Balaban J connectivity index is 1.48. The van der Waals surface area contributed by atoms with Crippen LogP contribution in [0.3, 0.4) is 0 Å². The Morgan fingerprint density at radius 2 is 1.66 bits per heavy atom. The van der Waals surface area contributed by atoms with Gasteiger partial charge in [-0.1, -0.05) is 59.3 Å². The molecule has 0 radical (unpaired) electrons. The van der Waals surface area contributed by atoms with Crippen molar-refractivity contribution in [3.63, 3.8) is 0 Å². The highest BCUT2D eigenvalue weighted by atomic mass is 19.1. The summed E-state index contributed by atoms with van der Waals surface area (Å²) in [6.45, 7) is 2.34. The van der Waals surface area contributed by atoms with Crippen LogP contribution in [0.15, 0.2) is 83.5 Å². The zero-order valence-corrected chi connectivity index (χ0v) is 15.8. The van der Waals surface area contributed by atoms with Crippen molar-refractivity contribution in [2.75, 3.05) is 0 Å². The summed E-state index contributed by atoms with van der Waals surface area (Å²) in [5.74, 6) is -0.0692. The van der Waals surface area contributed by atoms with Crippen LogP contribution < -0.4 is 4.74 Å². The van der Waals surface area contributed by atoms with Crippen molar-refractivity contribution in [3.05, 3.63) is 106 Å². The molecule has 0 aliphatic carbocycles. The van der Waals surface area contributed by atoms with Gasteiger partial charge < -0.3 is 9.57 Å². The summed E-state index contributed by atoms with van der Waals surface area (Å²) in [6, 6.07) is 21.3. The average Bonchev–Trinajstić information content (AvgIpc) is 3.09. The van der Waals surface area contributed by atoms with Gasteiger partial charge in [-0.25, -0.2) is 9.18 Å². The molecule has 1 aliphatic rings. The molecular weight excluding hydrogens is 369 g/mol. The Morgan fingerprint density at radius 3 is 2.34 bits per heavy atom. The van der Waals surface area contributed by atoms with Crippen molar-refractivity contribution >= 4 is 17.8 Å². The van der Waals surface area contributed by atoms with Gasteiger partial charge in [0.25, 0.3) is 0 Å². The van der Waals surface area contributed by atoms with E-state index < -0.39 is 5.97 Å². The lowest BCUT2D eigenvalue weighted by Crippen LogP contribution is -2.06. The van der Waals surface area contributed by atoms with Crippen LogP contribution in [-0.4, -0.2) is 11.7 Å². The van der Waals surface area contributed by atoms with E-state index in [-0.39, 0.29) is 5.82 Å². The quantitative estimate of drug-likeness (QED) is 0.454. The van der Waals surface area contributed by atoms with Crippen molar-refractivity contribution in [1.82, 2.24) is 0 Å². The number of hydrogen-bond donors (Lipinski definition) is 0. The third-order valence-corrected chi connectivity index (χ3v) is 4.53. The second-order valence-electron chi connectivity index (χ2n) is 6.73. The molecule has 0 fully saturated rings. The first kappa shape index (κ1) is 18.6. The van der Waals surface area contributed by atoms with E-state index in [2.05, 4.69) is 5.16 Å². The van der Waals surface area contributed by atoms with Crippen LogP contribution in [-0.2, 0) is 16.2 Å². The van der Waals surface area contributed by atoms with E-state index >= 15 is 0 Å². The van der Waals surface area contributed by atoms with Crippen molar-refractivity contribution < 1.29 is 18.8 Å². The summed E-state index contributed by atoms with van der Waals surface area (Å²) in [7, 11) is 0. The highest BCUT2D eigenvalue weighted by molar-refractivity contribution is 6.31. The molecule has 5 heteroatoms. The van der Waals surface area contributed by atoms with Crippen molar-refractivity contribution in [2.24, 2.45) is 5.16 Å². The zero-order valence-electron chi connectivity index (χ0n) is 15.8. The van der Waals surface area contributed by atoms with Crippen LogP contribution in [0.4, 0.5) is 4.39 Å². The molecule has 0 aromatic heterocycles. The standard InChI is InChI=1S/C24H18FNO3/c1-16-2-8-19(9-3-16)23-22(24(27)29-26-23)14-17-6-12-21(13-7-17)28-15-18-4-10-20(25)11-5-18/h2-14H,15H2,1H3. The summed E-state index contributed by atoms with van der Waals surface area (Å²) in [6.07, 6.45) is 1.75. The van der Waals surface area contributed by atoms with Crippen LogP contribution in [0.25, 0.3) is 6.08 Å². The minimum atomic E-state index is -0.475. The van der Waals surface area contributed by atoms with Crippen LogP contribution in [0.5, 0.6) is 5.75 Å². The highest BCUT2D eigenvalue weighted by Crippen LogP contribution is 2.22. The maximum Gasteiger partial charge on any atom is 0.368 e. The fourth-order valence-corrected chi connectivity index (χ4v) is 2.90. The highest BCUT2D eigenvalue weighted by Gasteiger charge is 2.26. The number of carbonyl (C=O) groups is 1. The molecule has 144 valence electrons. The molecular formula is C24H18FNO3. The van der Waals surface area contributed by atoms with E-state index in [9.17, 15) is 9.18 Å². The zero-order chi connectivity index (χ0) is 20.2. The van der Waals surface area contributed by atoms with Gasteiger partial charge >= 0.3 is 5.97 Å². The monoisotopic (exact) mass is 387 g/mol. The van der Waals surface area contributed by atoms with Gasteiger partial charge in [-0.05, 0) is 48.4 Å². The van der Waals surface area contributed by atoms with Gasteiger partial charge in [0.1, 0.15) is 23.9 Å². The van der Waals surface area contributed by atoms with E-state index in [0.29, 0.717) is 23.6 Å². The summed E-state index contributed by atoms with van der Waals surface area (Å²) >= 11 is 0. The van der Waals surface area contributed by atoms with Crippen LogP contribution >= 0.6 is 0 Å². The minimum absolute atomic E-state index is 0.273. The summed E-state index contributed by atoms with van der Waals surface area (Å²) in [5, 5.41) is 3.93. The topological polar surface area (TPSA) is 47.9 Å². The molecule has 0 atom stereocenters. The van der Waals surface area contributed by atoms with Gasteiger partial charge in [0.2, 0.25) is 0 Å². The lowest BCUT2D eigenvalue weighted by atomic mass is 10.00. The Bertz CT molecular complexity index is 1080. The number of aryl methyl sites for hydroxylation is 1. The fourth-order valence-electron chi connectivity index (χ4n) is 2.90. The molecule has 0 saturated carbocycles. The molecule has 0 saturated heterocycles. The molecule has 29 heavy (non-hydrogen) atoms. The summed E-state index contributed by atoms with van der Waals surface area (Å²) in [5.41, 5.74) is 4.59. The number of nitrogens with zero attached hydrogens (tertiary/aromatic N) is 1. The second-order valence-corrected chi connectivity index (χ2v) is 6.73. The minimum Gasteiger partial charge on any atom is -0.489 e. The van der Waals surface area contributed by atoms with Crippen molar-refractivity contribution in [1.29, 1.82) is 0 Å². The Kier molecular flexibility index (Phi) is 5.20. The number of rotatable bonds is 5. The fraction of sp³-hybridized carbons (Fsp3) is 0.0833. The van der Waals surface area contributed by atoms with Crippen LogP contribution in [0.2, 0.25) is 0 Å². The van der Waals surface area contributed by atoms with Gasteiger partial charge in [0.05, 0.1) is 5.57 Å². The Hall–Kier alpha value is -3.73. The predicted molar refractivity (Wildman–Crippen MR) is 109 cm³/mol. The molecule has 1 heterocycles. The van der Waals surface area contributed by atoms with Crippen LogP contribution in [0.1, 0.15) is 22.3 Å². The number of halogens is 1. The average molecular weight is 387 g/mol. The van der Waals surface area contributed by atoms with Crippen molar-refractivity contribution in [3.8, 4) is 5.75 Å².